The van der Waals surface area contributed by atoms with Crippen LogP contribution in [0.3, 0.4) is 0 Å². The van der Waals surface area contributed by atoms with Gasteiger partial charge in [-0.25, -0.2) is 0 Å². The van der Waals surface area contributed by atoms with E-state index < -0.39 is 0 Å². The number of hydrogen-bond acceptors (Lipinski definition) is 1. The third-order valence-electron chi connectivity index (χ3n) is 3.14. The lowest BCUT2D eigenvalue weighted by atomic mass is 9.96. The van der Waals surface area contributed by atoms with Gasteiger partial charge in [0.15, 0.2) is 0 Å². The maximum absolute atomic E-state index is 2.50. The molecular formula is C14H24ClN. The molecule has 1 nitrogen and oxygen atoms in total. The van der Waals surface area contributed by atoms with Gasteiger partial charge in [0.25, 0.3) is 0 Å². The lowest BCUT2D eigenvalue weighted by Gasteiger charge is -2.24. The molecule has 0 saturated heterocycles. The second kappa shape index (κ2) is 8.60. The van der Waals surface area contributed by atoms with Crippen LogP contribution in [-0.4, -0.2) is 24.5 Å². The van der Waals surface area contributed by atoms with Gasteiger partial charge in [-0.3, -0.25) is 0 Å². The topological polar surface area (TPSA) is 3.24 Å². The van der Waals surface area contributed by atoms with Crippen molar-refractivity contribution >= 4 is 12.4 Å². The maximum Gasteiger partial charge on any atom is 0.00499 e. The molecule has 0 spiro atoms. The summed E-state index contributed by atoms with van der Waals surface area (Å²) in [6.45, 7) is 10.2. The van der Waals surface area contributed by atoms with Crippen LogP contribution in [0.25, 0.3) is 0 Å². The first kappa shape index (κ1) is 15.5. The van der Waals surface area contributed by atoms with Gasteiger partial charge < -0.3 is 4.90 Å². The highest BCUT2D eigenvalue weighted by atomic mass is 35.5. The zero-order valence-corrected chi connectivity index (χ0v) is 11.5. The van der Waals surface area contributed by atoms with Crippen molar-refractivity contribution in [3.05, 3.63) is 35.9 Å². The predicted octanol–water partition coefficient (Wildman–Crippen LogP) is 3.94. The lowest BCUT2D eigenvalue weighted by Crippen LogP contribution is -2.28. The van der Waals surface area contributed by atoms with Gasteiger partial charge >= 0.3 is 0 Å². The predicted molar refractivity (Wildman–Crippen MR) is 74.5 cm³/mol. The fourth-order valence-corrected chi connectivity index (χ4v) is 1.99. The highest BCUT2D eigenvalue weighted by Crippen LogP contribution is 2.20. The van der Waals surface area contributed by atoms with Crippen LogP contribution in [0.5, 0.6) is 0 Å². The average Bonchev–Trinajstić information content (AvgIpc) is 2.32. The largest absolute Gasteiger partial charge is 0.303 e. The zero-order valence-electron chi connectivity index (χ0n) is 10.6. The monoisotopic (exact) mass is 241 g/mol. The molecule has 92 valence electrons. The number of benzene rings is 1. The average molecular weight is 242 g/mol. The smallest absolute Gasteiger partial charge is 0.00499 e. The Morgan fingerprint density at radius 1 is 1.00 bits per heavy atom. The number of halogens is 1. The summed E-state index contributed by atoms with van der Waals surface area (Å²) in [6.07, 6.45) is 1.22. The van der Waals surface area contributed by atoms with Gasteiger partial charge in [-0.05, 0) is 31.0 Å². The molecule has 0 aliphatic carbocycles. The highest BCUT2D eigenvalue weighted by molar-refractivity contribution is 5.85. The number of rotatable bonds is 6. The van der Waals surface area contributed by atoms with Gasteiger partial charge in [-0.15, -0.1) is 12.4 Å². The molecule has 0 radical (unpaired) electrons. The van der Waals surface area contributed by atoms with E-state index in [1.165, 1.54) is 18.5 Å². The Kier molecular flexibility index (Phi) is 8.32. The number of hydrogen-bond donors (Lipinski definition) is 0. The summed E-state index contributed by atoms with van der Waals surface area (Å²) in [5.41, 5.74) is 1.48. The minimum atomic E-state index is 0. The standard InChI is InChI=1S/C14H23N.ClH/c1-4-13(12-15(5-2)6-3)14-10-8-7-9-11-14;/h7-11,13H,4-6,12H2,1-3H3;1H. The van der Waals surface area contributed by atoms with Gasteiger partial charge in [-0.2, -0.15) is 0 Å². The Morgan fingerprint density at radius 3 is 2.00 bits per heavy atom. The van der Waals surface area contributed by atoms with Crippen molar-refractivity contribution in [2.24, 2.45) is 0 Å². The Bertz CT molecular complexity index is 257. The first-order chi connectivity index (χ1) is 7.31. The number of nitrogens with zero attached hydrogens (tertiary/aromatic N) is 1. The van der Waals surface area contributed by atoms with E-state index in [1.54, 1.807) is 0 Å². The Balaban J connectivity index is 0.00000225. The summed E-state index contributed by atoms with van der Waals surface area (Å²) in [4.78, 5) is 2.50. The summed E-state index contributed by atoms with van der Waals surface area (Å²) < 4.78 is 0. The van der Waals surface area contributed by atoms with Crippen LogP contribution in [0.2, 0.25) is 0 Å². The van der Waals surface area contributed by atoms with E-state index in [-0.39, 0.29) is 12.4 Å². The second-order valence-corrected chi connectivity index (χ2v) is 4.00. The van der Waals surface area contributed by atoms with Crippen LogP contribution in [0.1, 0.15) is 38.7 Å². The fourth-order valence-electron chi connectivity index (χ4n) is 1.99. The Morgan fingerprint density at radius 2 is 1.56 bits per heavy atom. The molecule has 0 saturated carbocycles. The van der Waals surface area contributed by atoms with Gasteiger partial charge in [0.1, 0.15) is 0 Å². The summed E-state index contributed by atoms with van der Waals surface area (Å²) in [5, 5.41) is 0. The van der Waals surface area contributed by atoms with Crippen molar-refractivity contribution in [2.75, 3.05) is 19.6 Å². The first-order valence-electron chi connectivity index (χ1n) is 6.09. The molecule has 0 aliphatic heterocycles. The van der Waals surface area contributed by atoms with Crippen molar-refractivity contribution < 1.29 is 0 Å². The molecular weight excluding hydrogens is 218 g/mol. The SMILES string of the molecule is CCC(CN(CC)CC)c1ccccc1.Cl. The Hall–Kier alpha value is -0.530. The molecule has 0 amide bonds. The van der Waals surface area contributed by atoms with Crippen LogP contribution >= 0.6 is 12.4 Å². The van der Waals surface area contributed by atoms with E-state index in [2.05, 4.69) is 56.0 Å². The van der Waals surface area contributed by atoms with Gasteiger partial charge in [0.2, 0.25) is 0 Å². The highest BCUT2D eigenvalue weighted by Gasteiger charge is 2.11. The van der Waals surface area contributed by atoms with Crippen LogP contribution in [-0.2, 0) is 0 Å². The zero-order chi connectivity index (χ0) is 11.1. The van der Waals surface area contributed by atoms with E-state index in [0.717, 1.165) is 13.1 Å². The van der Waals surface area contributed by atoms with Crippen molar-refractivity contribution in [2.45, 2.75) is 33.1 Å². The molecule has 1 rings (SSSR count). The molecule has 16 heavy (non-hydrogen) atoms. The van der Waals surface area contributed by atoms with Crippen molar-refractivity contribution in [3.8, 4) is 0 Å². The molecule has 0 aromatic heterocycles. The quantitative estimate of drug-likeness (QED) is 0.729. The van der Waals surface area contributed by atoms with E-state index in [1.807, 2.05) is 0 Å². The van der Waals surface area contributed by atoms with Crippen molar-refractivity contribution in [1.82, 2.24) is 4.90 Å². The first-order valence-corrected chi connectivity index (χ1v) is 6.09. The number of likely N-dealkylation sites (N-methyl/N-ethyl adjacent to an activating group) is 1. The molecule has 1 unspecified atom stereocenters. The van der Waals surface area contributed by atoms with E-state index in [9.17, 15) is 0 Å². The van der Waals surface area contributed by atoms with E-state index in [0.29, 0.717) is 5.92 Å². The third kappa shape index (κ3) is 4.54. The van der Waals surface area contributed by atoms with Crippen LogP contribution in [0, 0.1) is 0 Å². The summed E-state index contributed by atoms with van der Waals surface area (Å²) >= 11 is 0. The molecule has 1 atom stereocenters. The summed E-state index contributed by atoms with van der Waals surface area (Å²) in [7, 11) is 0. The van der Waals surface area contributed by atoms with Crippen molar-refractivity contribution in [3.63, 3.8) is 0 Å². The summed E-state index contributed by atoms with van der Waals surface area (Å²) in [6, 6.07) is 10.9. The minimum Gasteiger partial charge on any atom is -0.303 e. The molecule has 1 aromatic rings. The second-order valence-electron chi connectivity index (χ2n) is 4.00. The maximum atomic E-state index is 2.50. The fraction of sp³-hybridized carbons (Fsp3) is 0.571. The molecule has 1 aromatic carbocycles. The van der Waals surface area contributed by atoms with Crippen molar-refractivity contribution in [1.29, 1.82) is 0 Å². The molecule has 0 N–H and O–H groups in total. The van der Waals surface area contributed by atoms with Crippen LogP contribution in [0.15, 0.2) is 30.3 Å². The molecule has 0 aliphatic rings. The molecule has 2 heteroatoms. The van der Waals surface area contributed by atoms with Gasteiger partial charge in [0.05, 0.1) is 0 Å². The lowest BCUT2D eigenvalue weighted by molar-refractivity contribution is 0.280. The van der Waals surface area contributed by atoms with Gasteiger partial charge in [-0.1, -0.05) is 51.1 Å². The summed E-state index contributed by atoms with van der Waals surface area (Å²) in [5.74, 6) is 0.686. The van der Waals surface area contributed by atoms with Gasteiger partial charge in [0, 0.05) is 6.54 Å². The Labute approximate surface area is 106 Å². The van der Waals surface area contributed by atoms with Crippen LogP contribution in [0.4, 0.5) is 0 Å². The van der Waals surface area contributed by atoms with Crippen LogP contribution < -0.4 is 0 Å². The normalized spacial score (nSPS) is 12.2. The van der Waals surface area contributed by atoms with E-state index in [4.69, 9.17) is 0 Å². The minimum absolute atomic E-state index is 0. The molecule has 0 fully saturated rings. The molecule has 0 heterocycles. The van der Waals surface area contributed by atoms with E-state index >= 15 is 0 Å². The third-order valence-corrected chi connectivity index (χ3v) is 3.14. The molecule has 0 bridgehead atoms.